The molecule has 0 amide bonds. The molecule has 0 aromatic carbocycles. The van der Waals surface area contributed by atoms with Gasteiger partial charge in [-0.3, -0.25) is 4.79 Å². The maximum absolute atomic E-state index is 9.00. The average Bonchev–Trinajstić information content (AvgIpc) is 0.811. The molecule has 0 spiro atoms. The second kappa shape index (κ2) is 247. The van der Waals surface area contributed by atoms with Crippen LogP contribution in [0.1, 0.15) is 6.92 Å². The van der Waals surface area contributed by atoms with E-state index in [1.807, 2.05) is 0 Å². The third-order valence-corrected chi connectivity index (χ3v) is 0. The van der Waals surface area contributed by atoms with Gasteiger partial charge < -0.3 is 54.4 Å². The summed E-state index contributed by atoms with van der Waals surface area (Å²) in [5.41, 5.74) is 0. The number of carbonyl (C=O) groups is 1. The van der Waals surface area contributed by atoms with E-state index in [9.17, 15) is 0 Å². The van der Waals surface area contributed by atoms with Gasteiger partial charge in [0.15, 0.2) is 0 Å². The van der Waals surface area contributed by atoms with E-state index in [1.165, 1.54) is 0 Å². The first kappa shape index (κ1) is 314. The number of carboxylic acid groups (broad SMARTS) is 1. The second-order valence-corrected chi connectivity index (χ2v) is 0.519. The Kier molecular flexibility index (Phi) is 5550. The molecule has 0 heterocycles. The summed E-state index contributed by atoms with van der Waals surface area (Å²) in [5.74, 6) is -0.833. The van der Waals surface area contributed by atoms with Crippen molar-refractivity contribution < 1.29 is 76.3 Å². The van der Waals surface area contributed by atoms with Crippen LogP contribution in [0.5, 0.6) is 0 Å². The summed E-state index contributed by atoms with van der Waals surface area (Å²) in [7, 11) is 0. The summed E-state index contributed by atoms with van der Waals surface area (Å²) in [5, 5.41) is 7.42. The van der Waals surface area contributed by atoms with Crippen molar-refractivity contribution in [3.05, 3.63) is 0 Å². The smallest absolute Gasteiger partial charge is 0.300 e. The number of rotatable bonds is 0. The molecule has 0 radical (unpaired) electrons. The van der Waals surface area contributed by atoms with Gasteiger partial charge in [-0.05, 0) is 0 Å². The molecule has 0 saturated carbocycles. The fourth-order valence-electron chi connectivity index (χ4n) is 0. The molecule has 0 aliphatic rings. The molecule has 0 aromatic heterocycles. The van der Waals surface area contributed by atoms with Crippen molar-refractivity contribution in [2.24, 2.45) is 0 Å². The van der Waals surface area contributed by atoms with Gasteiger partial charge in [0.2, 0.25) is 0 Å². The quantitative estimate of drug-likeness (QED) is 0.421. The number of hydrogen-bond acceptors (Lipinski definition) is 1. The van der Waals surface area contributed by atoms with Crippen molar-refractivity contribution in [1.29, 1.82) is 0 Å². The first-order chi connectivity index (χ1) is 1.73. The molecule has 0 bridgehead atoms. The Bertz CT molecular complexity index is 36.3. The minimum absolute atomic E-state index is 0. The number of carboxylic acids is 1. The summed E-state index contributed by atoms with van der Waals surface area (Å²) in [6.07, 6.45) is 0. The van der Waals surface area contributed by atoms with Gasteiger partial charge >= 0.3 is 0 Å². The number of hydrogen-bond donors (Lipinski definition) is 1. The monoisotopic (exact) mass is 278 g/mol. The van der Waals surface area contributed by atoms with Crippen LogP contribution in [-0.2, 0) is 21.9 Å². The van der Waals surface area contributed by atoms with Crippen LogP contribution >= 0.6 is 0 Å². The van der Waals surface area contributed by atoms with E-state index < -0.39 is 5.97 Å². The first-order valence-corrected chi connectivity index (χ1v) is 0.928. The molecular weight excluding hydrogens is 256 g/mol. The maximum Gasteiger partial charge on any atom is 0.300 e. The zero-order valence-corrected chi connectivity index (χ0v) is 8.31. The topological polar surface area (TPSA) is 321 Å². The Morgan fingerprint density at radius 2 is 0.714 bits per heavy atom. The van der Waals surface area contributed by atoms with Crippen molar-refractivity contribution in [1.82, 2.24) is 0 Å². The van der Waals surface area contributed by atoms with Gasteiger partial charge in [0.1, 0.15) is 0 Å². The fraction of sp³-hybridized carbons (Fsp3) is 0.500. The maximum atomic E-state index is 9.00. The largest absolute Gasteiger partial charge is 0.481 e. The van der Waals surface area contributed by atoms with Crippen molar-refractivity contribution in [3.63, 3.8) is 0 Å². The first-order valence-electron chi connectivity index (χ1n) is 0.928. The van der Waals surface area contributed by atoms with Crippen molar-refractivity contribution >= 4 is 5.97 Å². The van der Waals surface area contributed by atoms with Crippen LogP contribution in [0.4, 0.5) is 0 Å². The molecular formula is C2H22FeO11. The second-order valence-electron chi connectivity index (χ2n) is 0.519. The molecule has 14 heavy (non-hydrogen) atoms. The van der Waals surface area contributed by atoms with Crippen molar-refractivity contribution in [2.75, 3.05) is 0 Å². The van der Waals surface area contributed by atoms with Crippen LogP contribution in [0.3, 0.4) is 0 Å². The van der Waals surface area contributed by atoms with E-state index in [1.54, 1.807) is 0 Å². The molecule has 0 unspecified atom stereocenters. The van der Waals surface area contributed by atoms with Crippen LogP contribution in [0.25, 0.3) is 0 Å². The summed E-state index contributed by atoms with van der Waals surface area (Å²) in [4.78, 5) is 9.00. The van der Waals surface area contributed by atoms with Crippen molar-refractivity contribution in [3.8, 4) is 0 Å². The summed E-state index contributed by atoms with van der Waals surface area (Å²) < 4.78 is 0. The Labute approximate surface area is 90.0 Å². The van der Waals surface area contributed by atoms with Crippen LogP contribution < -0.4 is 0 Å². The third kappa shape index (κ3) is 9570. The van der Waals surface area contributed by atoms with Crippen molar-refractivity contribution in [2.45, 2.75) is 6.92 Å². The minimum Gasteiger partial charge on any atom is -0.481 e. The van der Waals surface area contributed by atoms with E-state index in [0.29, 0.717) is 0 Å². The van der Waals surface area contributed by atoms with E-state index in [4.69, 9.17) is 9.90 Å². The van der Waals surface area contributed by atoms with Gasteiger partial charge in [-0.25, -0.2) is 0 Å². The van der Waals surface area contributed by atoms with Crippen LogP contribution in [-0.4, -0.2) is 60.4 Å². The molecule has 0 rings (SSSR count). The van der Waals surface area contributed by atoms with Gasteiger partial charge in [-0.1, -0.05) is 0 Å². The molecule has 0 aromatic rings. The summed E-state index contributed by atoms with van der Waals surface area (Å²) >= 11 is 0. The zero-order valence-electron chi connectivity index (χ0n) is 7.21. The van der Waals surface area contributed by atoms with E-state index in [0.717, 1.165) is 6.92 Å². The van der Waals surface area contributed by atoms with E-state index in [2.05, 4.69) is 0 Å². The molecule has 19 N–H and O–H groups in total. The zero-order chi connectivity index (χ0) is 3.58. The summed E-state index contributed by atoms with van der Waals surface area (Å²) in [6, 6.07) is 0. The minimum atomic E-state index is -0.833. The average molecular weight is 278 g/mol. The molecule has 0 aliphatic heterocycles. The molecule has 0 aliphatic carbocycles. The van der Waals surface area contributed by atoms with Gasteiger partial charge in [0.25, 0.3) is 5.97 Å². The molecule has 104 valence electrons. The van der Waals surface area contributed by atoms with Gasteiger partial charge in [-0.15, -0.1) is 0 Å². The predicted octanol–water partition coefficient (Wildman–Crippen LogP) is -7.33. The molecule has 0 atom stereocenters. The molecule has 12 heteroatoms. The number of aliphatic carboxylic acids is 1. The van der Waals surface area contributed by atoms with Gasteiger partial charge in [-0.2, -0.15) is 0 Å². The summed E-state index contributed by atoms with van der Waals surface area (Å²) in [6.45, 7) is 1.08. The van der Waals surface area contributed by atoms with Crippen LogP contribution in [0, 0.1) is 0 Å². The molecule has 0 fully saturated rings. The van der Waals surface area contributed by atoms with Gasteiger partial charge in [0.05, 0.1) is 0 Å². The van der Waals surface area contributed by atoms with E-state index in [-0.39, 0.29) is 66.4 Å². The molecule has 0 saturated heterocycles. The van der Waals surface area contributed by atoms with E-state index >= 15 is 0 Å². The normalized spacial score (nSPS) is 1.79. The standard InChI is InChI=1S/C2H4O2.Fe.9H2O/c1-2(3)4;;;;;;;;;;/h1H3,(H,3,4);;9*1H2. The van der Waals surface area contributed by atoms with Gasteiger partial charge in [0, 0.05) is 24.0 Å². The Morgan fingerprint density at radius 1 is 0.714 bits per heavy atom. The third-order valence-electron chi connectivity index (χ3n) is 0. The predicted molar refractivity (Wildman–Crippen MR) is 45.8 cm³/mol. The van der Waals surface area contributed by atoms with Crippen LogP contribution in [0.15, 0.2) is 0 Å². The Hall–Kier alpha value is -0.371. The molecule has 11 nitrogen and oxygen atoms in total. The van der Waals surface area contributed by atoms with Crippen LogP contribution in [0.2, 0.25) is 0 Å². The Morgan fingerprint density at radius 3 is 0.714 bits per heavy atom. The Balaban J connectivity index is -0.000000001000. The SMILES string of the molecule is CC(=O)O.O.O.O.O.O.O.O.O.O.[Fe]. The fourth-order valence-corrected chi connectivity index (χ4v) is 0.